The third-order valence-corrected chi connectivity index (χ3v) is 6.30. The summed E-state index contributed by atoms with van der Waals surface area (Å²) in [6.07, 6.45) is 3.79. The molecule has 1 aromatic carbocycles. The Bertz CT molecular complexity index is 1190. The molecule has 31 heavy (non-hydrogen) atoms. The molecule has 8 nitrogen and oxygen atoms in total. The van der Waals surface area contributed by atoms with Crippen LogP contribution in [0, 0.1) is 6.92 Å². The largest absolute Gasteiger partial charge is 0.373 e. The van der Waals surface area contributed by atoms with E-state index in [-0.39, 0.29) is 30.2 Å². The van der Waals surface area contributed by atoms with E-state index in [9.17, 15) is 9.59 Å². The zero-order valence-corrected chi connectivity index (χ0v) is 18.0. The van der Waals surface area contributed by atoms with Crippen LogP contribution in [0.25, 0.3) is 5.52 Å². The highest BCUT2D eigenvalue weighted by molar-refractivity contribution is 6.31. The number of ether oxygens (including phenoxy) is 1. The first-order chi connectivity index (χ1) is 15.0. The highest BCUT2D eigenvalue weighted by Crippen LogP contribution is 2.39. The highest BCUT2D eigenvalue weighted by atomic mass is 35.5. The molecule has 2 aliphatic rings. The number of nitrogens with zero attached hydrogens (tertiary/aromatic N) is 4. The van der Waals surface area contributed by atoms with Gasteiger partial charge in [0.2, 0.25) is 5.91 Å². The molecule has 1 N–H and O–H groups in total. The number of rotatable bonds is 7. The van der Waals surface area contributed by atoms with Gasteiger partial charge in [0.25, 0.3) is 5.56 Å². The van der Waals surface area contributed by atoms with Gasteiger partial charge >= 0.3 is 0 Å². The van der Waals surface area contributed by atoms with E-state index in [2.05, 4.69) is 15.5 Å². The van der Waals surface area contributed by atoms with E-state index < -0.39 is 0 Å². The summed E-state index contributed by atoms with van der Waals surface area (Å²) in [6.45, 7) is 2.14. The first-order valence-electron chi connectivity index (χ1n) is 10.6. The normalized spacial score (nSPS) is 20.6. The van der Waals surface area contributed by atoms with Gasteiger partial charge in [-0.15, -0.1) is 0 Å². The lowest BCUT2D eigenvalue weighted by molar-refractivity contribution is -0.124. The van der Waals surface area contributed by atoms with Crippen LogP contribution in [-0.4, -0.2) is 37.4 Å². The van der Waals surface area contributed by atoms with Crippen molar-refractivity contribution in [2.75, 3.05) is 0 Å². The van der Waals surface area contributed by atoms with Crippen molar-refractivity contribution in [1.29, 1.82) is 0 Å². The summed E-state index contributed by atoms with van der Waals surface area (Å²) in [5.41, 5.74) is 2.06. The SMILES string of the molecule is Cc1nn(CC(=O)NC2CC(OCc3ccccc3Cl)C2)c(=O)c2cc(C3CC3)nn12. The molecule has 2 saturated carbocycles. The molecule has 0 atom stereocenters. The Balaban J connectivity index is 1.15. The second-order valence-corrected chi connectivity index (χ2v) is 8.82. The molecular weight excluding hydrogens is 418 g/mol. The number of fused-ring (bicyclic) bond motifs is 1. The Morgan fingerprint density at radius 3 is 2.77 bits per heavy atom. The number of aromatic nitrogens is 4. The molecule has 0 unspecified atom stereocenters. The van der Waals surface area contributed by atoms with E-state index in [0.29, 0.717) is 28.9 Å². The second-order valence-electron chi connectivity index (χ2n) is 8.41. The van der Waals surface area contributed by atoms with Crippen molar-refractivity contribution in [2.24, 2.45) is 0 Å². The van der Waals surface area contributed by atoms with Gasteiger partial charge in [0.1, 0.15) is 17.9 Å². The van der Waals surface area contributed by atoms with Gasteiger partial charge in [-0.3, -0.25) is 9.59 Å². The number of carbonyl (C=O) groups is 1. The smallest absolute Gasteiger partial charge is 0.293 e. The summed E-state index contributed by atoms with van der Waals surface area (Å²) >= 11 is 6.15. The monoisotopic (exact) mass is 441 g/mol. The van der Waals surface area contributed by atoms with Crippen LogP contribution in [0.1, 0.15) is 48.7 Å². The molecule has 0 saturated heterocycles. The summed E-state index contributed by atoms with van der Waals surface area (Å²) in [6, 6.07) is 9.48. The van der Waals surface area contributed by atoms with Crippen molar-refractivity contribution < 1.29 is 9.53 Å². The van der Waals surface area contributed by atoms with Gasteiger partial charge in [0, 0.05) is 17.0 Å². The van der Waals surface area contributed by atoms with Crippen molar-refractivity contribution >= 4 is 23.0 Å². The predicted molar refractivity (Wildman–Crippen MR) is 115 cm³/mol. The van der Waals surface area contributed by atoms with Gasteiger partial charge in [0.15, 0.2) is 0 Å². The van der Waals surface area contributed by atoms with Gasteiger partial charge in [-0.05, 0) is 50.3 Å². The Kier molecular flexibility index (Phi) is 5.27. The zero-order chi connectivity index (χ0) is 21.5. The molecule has 2 aliphatic carbocycles. The molecule has 3 aromatic rings. The fraction of sp³-hybridized carbons (Fsp3) is 0.455. The number of nitrogens with one attached hydrogen (secondary N) is 1. The second kappa shape index (κ2) is 8.09. The minimum atomic E-state index is -0.297. The van der Waals surface area contributed by atoms with Crippen molar-refractivity contribution in [1.82, 2.24) is 24.7 Å². The van der Waals surface area contributed by atoms with Crippen LogP contribution in [0.2, 0.25) is 5.02 Å². The van der Waals surface area contributed by atoms with E-state index in [4.69, 9.17) is 16.3 Å². The third kappa shape index (κ3) is 4.22. The quantitative estimate of drug-likeness (QED) is 0.608. The first kappa shape index (κ1) is 20.2. The lowest BCUT2D eigenvalue weighted by atomic mass is 9.89. The predicted octanol–water partition coefficient (Wildman–Crippen LogP) is 2.59. The number of aryl methyl sites for hydroxylation is 1. The van der Waals surface area contributed by atoms with Gasteiger partial charge in [-0.1, -0.05) is 29.8 Å². The van der Waals surface area contributed by atoms with Gasteiger partial charge in [0.05, 0.1) is 18.4 Å². The number of hydrogen-bond donors (Lipinski definition) is 1. The topological polar surface area (TPSA) is 90.5 Å². The van der Waals surface area contributed by atoms with Gasteiger partial charge in [-0.2, -0.15) is 10.2 Å². The Hall–Kier alpha value is -2.71. The number of carbonyl (C=O) groups excluding carboxylic acids is 1. The molecule has 5 rings (SSSR count). The highest BCUT2D eigenvalue weighted by Gasteiger charge is 2.31. The number of amides is 1. The summed E-state index contributed by atoms with van der Waals surface area (Å²) in [5.74, 6) is 0.808. The van der Waals surface area contributed by atoms with Crippen molar-refractivity contribution in [3.8, 4) is 0 Å². The van der Waals surface area contributed by atoms with E-state index in [1.54, 1.807) is 11.4 Å². The van der Waals surface area contributed by atoms with Crippen LogP contribution in [0.15, 0.2) is 35.1 Å². The fourth-order valence-corrected chi connectivity index (χ4v) is 4.12. The molecular formula is C22H24ClN5O3. The van der Waals surface area contributed by atoms with Crippen LogP contribution in [0.3, 0.4) is 0 Å². The minimum Gasteiger partial charge on any atom is -0.373 e. The van der Waals surface area contributed by atoms with Crippen LogP contribution < -0.4 is 10.9 Å². The van der Waals surface area contributed by atoms with E-state index in [0.717, 1.165) is 36.9 Å². The molecule has 9 heteroatoms. The summed E-state index contributed by atoms with van der Waals surface area (Å²) in [4.78, 5) is 25.2. The fourth-order valence-electron chi connectivity index (χ4n) is 3.93. The molecule has 0 radical (unpaired) electrons. The van der Waals surface area contributed by atoms with Crippen molar-refractivity contribution in [3.63, 3.8) is 0 Å². The van der Waals surface area contributed by atoms with E-state index in [1.165, 1.54) is 4.68 Å². The maximum Gasteiger partial charge on any atom is 0.293 e. The van der Waals surface area contributed by atoms with E-state index >= 15 is 0 Å². The summed E-state index contributed by atoms with van der Waals surface area (Å²) in [7, 11) is 0. The van der Waals surface area contributed by atoms with Crippen LogP contribution in [0.4, 0.5) is 0 Å². The molecule has 2 fully saturated rings. The Morgan fingerprint density at radius 1 is 1.26 bits per heavy atom. The molecule has 162 valence electrons. The average molecular weight is 442 g/mol. The lowest BCUT2D eigenvalue weighted by Crippen LogP contribution is -2.49. The zero-order valence-electron chi connectivity index (χ0n) is 17.3. The summed E-state index contributed by atoms with van der Waals surface area (Å²) < 4.78 is 8.68. The molecule has 0 spiro atoms. The number of halogens is 1. The molecule has 2 aromatic heterocycles. The summed E-state index contributed by atoms with van der Waals surface area (Å²) in [5, 5.41) is 12.4. The van der Waals surface area contributed by atoms with Gasteiger partial charge in [-0.25, -0.2) is 9.20 Å². The third-order valence-electron chi connectivity index (χ3n) is 5.94. The van der Waals surface area contributed by atoms with Gasteiger partial charge < -0.3 is 10.1 Å². The molecule has 0 bridgehead atoms. The Morgan fingerprint density at radius 2 is 2.03 bits per heavy atom. The molecule has 2 heterocycles. The van der Waals surface area contributed by atoms with Crippen LogP contribution in [-0.2, 0) is 22.7 Å². The maximum absolute atomic E-state index is 12.8. The number of benzene rings is 1. The van der Waals surface area contributed by atoms with Crippen LogP contribution >= 0.6 is 11.6 Å². The van der Waals surface area contributed by atoms with E-state index in [1.807, 2.05) is 30.3 Å². The van der Waals surface area contributed by atoms with Crippen LogP contribution in [0.5, 0.6) is 0 Å². The number of hydrogen-bond acceptors (Lipinski definition) is 5. The molecule has 0 aliphatic heterocycles. The lowest BCUT2D eigenvalue weighted by Gasteiger charge is -2.35. The molecule has 1 amide bonds. The Labute approximate surface area is 184 Å². The maximum atomic E-state index is 12.8. The van der Waals surface area contributed by atoms with Crippen molar-refractivity contribution in [2.45, 2.75) is 63.8 Å². The minimum absolute atomic E-state index is 0.0423. The average Bonchev–Trinajstić information content (AvgIpc) is 3.46. The first-order valence-corrected chi connectivity index (χ1v) is 11.0. The standard InChI is InChI=1S/C22H24ClN5O3/c1-13-25-27(22(30)20-10-19(14-6-7-14)26-28(13)20)11-21(29)24-16-8-17(9-16)31-12-15-4-2-3-5-18(15)23/h2-5,10,14,16-17H,6-9,11-12H2,1H3,(H,24,29). The van der Waals surface area contributed by atoms with Crippen molar-refractivity contribution in [3.05, 3.63) is 62.8 Å².